The molecular formula is C10H11ClO3S. The second-order valence-corrected chi connectivity index (χ2v) is 6.16. The minimum atomic E-state index is -3.72. The third-order valence-electron chi connectivity index (χ3n) is 2.50. The van der Waals surface area contributed by atoms with E-state index in [1.54, 1.807) is 12.1 Å². The van der Waals surface area contributed by atoms with Gasteiger partial charge < -0.3 is 4.74 Å². The third-order valence-corrected chi connectivity index (χ3v) is 3.86. The van der Waals surface area contributed by atoms with Gasteiger partial charge in [-0.15, -0.1) is 0 Å². The Balaban J connectivity index is 2.48. The van der Waals surface area contributed by atoms with Gasteiger partial charge in [0.05, 0.1) is 7.11 Å². The van der Waals surface area contributed by atoms with E-state index in [1.807, 2.05) is 0 Å². The van der Waals surface area contributed by atoms with Gasteiger partial charge in [-0.1, -0.05) is 6.07 Å². The summed E-state index contributed by atoms with van der Waals surface area (Å²) in [5.74, 6) is 0.889. The number of hydrogen-bond acceptors (Lipinski definition) is 3. The molecule has 0 heterocycles. The van der Waals surface area contributed by atoms with Crippen molar-refractivity contribution in [1.29, 1.82) is 0 Å². The standard InChI is InChI=1S/C10H11ClO3S/c1-14-9-6-8(7-2-3-7)4-5-10(9)15(11,12)13/h4-7H,2-3H2,1H3. The molecule has 1 aliphatic carbocycles. The number of ether oxygens (including phenoxy) is 1. The molecule has 0 atom stereocenters. The van der Waals surface area contributed by atoms with Crippen molar-refractivity contribution in [1.82, 2.24) is 0 Å². The van der Waals surface area contributed by atoms with Gasteiger partial charge in [-0.25, -0.2) is 8.42 Å². The van der Waals surface area contributed by atoms with E-state index >= 15 is 0 Å². The van der Waals surface area contributed by atoms with E-state index in [-0.39, 0.29) is 4.90 Å². The number of rotatable bonds is 3. The Bertz CT molecular complexity index is 477. The van der Waals surface area contributed by atoms with Crippen molar-refractivity contribution >= 4 is 19.7 Å². The molecule has 0 aromatic heterocycles. The zero-order valence-electron chi connectivity index (χ0n) is 8.23. The fourth-order valence-electron chi connectivity index (χ4n) is 1.56. The highest BCUT2D eigenvalue weighted by molar-refractivity contribution is 8.13. The molecule has 3 nitrogen and oxygen atoms in total. The van der Waals surface area contributed by atoms with Gasteiger partial charge in [-0.05, 0) is 36.5 Å². The zero-order valence-corrected chi connectivity index (χ0v) is 9.81. The molecule has 1 aromatic carbocycles. The molecule has 0 N–H and O–H groups in total. The predicted molar refractivity (Wildman–Crippen MR) is 58.0 cm³/mol. The van der Waals surface area contributed by atoms with Gasteiger partial charge in [0.2, 0.25) is 0 Å². The summed E-state index contributed by atoms with van der Waals surface area (Å²) >= 11 is 0. The Hall–Kier alpha value is -0.740. The van der Waals surface area contributed by atoms with Crippen molar-refractivity contribution in [2.75, 3.05) is 7.11 Å². The lowest BCUT2D eigenvalue weighted by Gasteiger charge is -2.07. The fourth-order valence-corrected chi connectivity index (χ4v) is 2.55. The molecule has 0 unspecified atom stereocenters. The van der Waals surface area contributed by atoms with Crippen LogP contribution in [-0.2, 0) is 9.05 Å². The lowest BCUT2D eigenvalue weighted by molar-refractivity contribution is 0.402. The van der Waals surface area contributed by atoms with Gasteiger partial charge in [-0.2, -0.15) is 0 Å². The van der Waals surface area contributed by atoms with Gasteiger partial charge in [-0.3, -0.25) is 0 Å². The molecule has 15 heavy (non-hydrogen) atoms. The van der Waals surface area contributed by atoms with Crippen molar-refractivity contribution in [3.63, 3.8) is 0 Å². The Morgan fingerprint density at radius 2 is 2.07 bits per heavy atom. The summed E-state index contributed by atoms with van der Waals surface area (Å²) in [5, 5.41) is 0. The number of benzene rings is 1. The molecule has 1 fully saturated rings. The summed E-state index contributed by atoms with van der Waals surface area (Å²) in [6, 6.07) is 5.07. The summed E-state index contributed by atoms with van der Waals surface area (Å²) < 4.78 is 27.4. The zero-order chi connectivity index (χ0) is 11.1. The van der Waals surface area contributed by atoms with Crippen LogP contribution in [0.15, 0.2) is 23.1 Å². The van der Waals surface area contributed by atoms with Gasteiger partial charge in [0.25, 0.3) is 9.05 Å². The van der Waals surface area contributed by atoms with Crippen molar-refractivity contribution in [3.05, 3.63) is 23.8 Å². The highest BCUT2D eigenvalue weighted by atomic mass is 35.7. The number of hydrogen-bond donors (Lipinski definition) is 0. The molecule has 0 spiro atoms. The van der Waals surface area contributed by atoms with E-state index in [9.17, 15) is 8.42 Å². The van der Waals surface area contributed by atoms with Crippen LogP contribution in [0.1, 0.15) is 24.3 Å². The Labute approximate surface area is 93.4 Å². The van der Waals surface area contributed by atoms with Crippen LogP contribution in [-0.4, -0.2) is 15.5 Å². The first-order valence-electron chi connectivity index (χ1n) is 4.65. The minimum Gasteiger partial charge on any atom is -0.495 e. The van der Waals surface area contributed by atoms with Crippen molar-refractivity contribution in [2.24, 2.45) is 0 Å². The second kappa shape index (κ2) is 3.68. The first-order chi connectivity index (χ1) is 7.02. The van der Waals surface area contributed by atoms with Gasteiger partial charge >= 0.3 is 0 Å². The number of methoxy groups -OCH3 is 1. The van der Waals surface area contributed by atoms with Crippen LogP contribution in [0.3, 0.4) is 0 Å². The van der Waals surface area contributed by atoms with E-state index in [2.05, 4.69) is 0 Å². The lowest BCUT2D eigenvalue weighted by atomic mass is 10.1. The average Bonchev–Trinajstić information content (AvgIpc) is 2.98. The minimum absolute atomic E-state index is 0.0380. The molecule has 1 saturated carbocycles. The van der Waals surface area contributed by atoms with E-state index in [1.165, 1.54) is 13.2 Å². The maximum absolute atomic E-state index is 11.2. The molecule has 2 rings (SSSR count). The largest absolute Gasteiger partial charge is 0.495 e. The molecule has 1 aliphatic rings. The first kappa shape index (κ1) is 10.8. The summed E-state index contributed by atoms with van der Waals surface area (Å²) in [4.78, 5) is 0.0380. The van der Waals surface area contributed by atoms with Crippen molar-refractivity contribution in [2.45, 2.75) is 23.7 Å². The quantitative estimate of drug-likeness (QED) is 0.770. The highest BCUT2D eigenvalue weighted by Gasteiger charge is 2.26. The van der Waals surface area contributed by atoms with Crippen LogP contribution in [0.4, 0.5) is 0 Å². The van der Waals surface area contributed by atoms with E-state index in [4.69, 9.17) is 15.4 Å². The molecule has 1 aromatic rings. The SMILES string of the molecule is COc1cc(C2CC2)ccc1S(=O)(=O)Cl. The normalized spacial score (nSPS) is 16.4. The van der Waals surface area contributed by atoms with Gasteiger partial charge in [0, 0.05) is 10.7 Å². The first-order valence-corrected chi connectivity index (χ1v) is 6.96. The van der Waals surface area contributed by atoms with Gasteiger partial charge in [0.1, 0.15) is 10.6 Å². The van der Waals surface area contributed by atoms with E-state index in [0.29, 0.717) is 11.7 Å². The second-order valence-electron chi connectivity index (χ2n) is 3.62. The Kier molecular flexibility index (Phi) is 2.64. The van der Waals surface area contributed by atoms with Crippen LogP contribution in [0, 0.1) is 0 Å². The Morgan fingerprint density at radius 3 is 2.53 bits per heavy atom. The van der Waals surface area contributed by atoms with Crippen molar-refractivity contribution < 1.29 is 13.2 Å². The summed E-state index contributed by atoms with van der Waals surface area (Å²) in [6.07, 6.45) is 2.33. The Morgan fingerprint density at radius 1 is 1.40 bits per heavy atom. The maximum Gasteiger partial charge on any atom is 0.264 e. The lowest BCUT2D eigenvalue weighted by Crippen LogP contribution is -1.97. The summed E-state index contributed by atoms with van der Waals surface area (Å²) in [5.41, 5.74) is 1.12. The predicted octanol–water partition coefficient (Wildman–Crippen LogP) is 2.50. The maximum atomic E-state index is 11.2. The molecule has 0 bridgehead atoms. The topological polar surface area (TPSA) is 43.4 Å². The number of halogens is 1. The van der Waals surface area contributed by atoms with E-state index < -0.39 is 9.05 Å². The average molecular weight is 247 g/mol. The van der Waals surface area contributed by atoms with Crippen LogP contribution in [0.5, 0.6) is 5.75 Å². The fraction of sp³-hybridized carbons (Fsp3) is 0.400. The highest BCUT2D eigenvalue weighted by Crippen LogP contribution is 2.42. The van der Waals surface area contributed by atoms with Crippen LogP contribution >= 0.6 is 10.7 Å². The van der Waals surface area contributed by atoms with Crippen LogP contribution < -0.4 is 4.74 Å². The summed E-state index contributed by atoms with van der Waals surface area (Å²) in [7, 11) is 3.00. The molecular weight excluding hydrogens is 236 g/mol. The monoisotopic (exact) mass is 246 g/mol. The molecule has 0 aliphatic heterocycles. The van der Waals surface area contributed by atoms with Gasteiger partial charge in [0.15, 0.2) is 0 Å². The molecule has 82 valence electrons. The van der Waals surface area contributed by atoms with Crippen LogP contribution in [0.25, 0.3) is 0 Å². The van der Waals surface area contributed by atoms with Crippen LogP contribution in [0.2, 0.25) is 0 Å². The molecule has 0 amide bonds. The molecule has 0 radical (unpaired) electrons. The molecule has 5 heteroatoms. The molecule has 0 saturated heterocycles. The van der Waals surface area contributed by atoms with E-state index in [0.717, 1.165) is 18.4 Å². The summed E-state index contributed by atoms with van der Waals surface area (Å²) in [6.45, 7) is 0. The third kappa shape index (κ3) is 2.26. The smallest absolute Gasteiger partial charge is 0.264 e. The van der Waals surface area contributed by atoms with Crippen molar-refractivity contribution in [3.8, 4) is 5.75 Å².